The fourth-order valence-corrected chi connectivity index (χ4v) is 2.82. The highest BCUT2D eigenvalue weighted by molar-refractivity contribution is 5.56. The Morgan fingerprint density at radius 1 is 1.33 bits per heavy atom. The summed E-state index contributed by atoms with van der Waals surface area (Å²) < 4.78 is 19.4. The van der Waals surface area contributed by atoms with Gasteiger partial charge in [0.15, 0.2) is 5.76 Å². The van der Waals surface area contributed by atoms with E-state index >= 15 is 0 Å². The fourth-order valence-electron chi connectivity index (χ4n) is 2.82. The highest BCUT2D eigenvalue weighted by Gasteiger charge is 2.23. The topological polar surface area (TPSA) is 49.5 Å². The van der Waals surface area contributed by atoms with Crippen LogP contribution in [-0.4, -0.2) is 34.2 Å². The van der Waals surface area contributed by atoms with E-state index in [1.807, 2.05) is 0 Å². The van der Waals surface area contributed by atoms with Crippen LogP contribution in [0.2, 0.25) is 0 Å². The second-order valence-corrected chi connectivity index (χ2v) is 5.40. The molecule has 1 fully saturated rings. The molecule has 1 aliphatic rings. The Balaban J connectivity index is 1.75. The SMILES string of the molecule is OC[C@H]1CCCCN1Cc1ncc(-c2ccccc2F)o1. The molecule has 0 saturated carbocycles. The van der Waals surface area contributed by atoms with Crippen LogP contribution in [0.15, 0.2) is 34.9 Å². The van der Waals surface area contributed by atoms with Crippen molar-refractivity contribution < 1.29 is 13.9 Å². The lowest BCUT2D eigenvalue weighted by Gasteiger charge is -2.33. The van der Waals surface area contributed by atoms with Crippen LogP contribution in [-0.2, 0) is 6.54 Å². The summed E-state index contributed by atoms with van der Waals surface area (Å²) in [7, 11) is 0. The largest absolute Gasteiger partial charge is 0.439 e. The number of aliphatic hydroxyl groups is 1. The molecule has 2 heterocycles. The molecule has 112 valence electrons. The number of hydrogen-bond acceptors (Lipinski definition) is 4. The van der Waals surface area contributed by atoms with Crippen LogP contribution in [0.25, 0.3) is 11.3 Å². The van der Waals surface area contributed by atoms with E-state index in [1.54, 1.807) is 24.4 Å². The van der Waals surface area contributed by atoms with Gasteiger partial charge in [-0.1, -0.05) is 18.6 Å². The zero-order chi connectivity index (χ0) is 14.7. The number of hydrogen-bond donors (Lipinski definition) is 1. The highest BCUT2D eigenvalue weighted by Crippen LogP contribution is 2.25. The molecule has 0 spiro atoms. The summed E-state index contributed by atoms with van der Waals surface area (Å²) in [6.45, 7) is 1.64. The zero-order valence-electron chi connectivity index (χ0n) is 11.8. The number of aliphatic hydroxyl groups excluding tert-OH is 1. The molecule has 1 atom stereocenters. The molecule has 21 heavy (non-hydrogen) atoms. The van der Waals surface area contributed by atoms with E-state index in [9.17, 15) is 9.50 Å². The van der Waals surface area contributed by atoms with Crippen molar-refractivity contribution >= 4 is 0 Å². The first-order chi connectivity index (χ1) is 10.3. The normalized spacial score (nSPS) is 19.8. The van der Waals surface area contributed by atoms with E-state index in [1.165, 1.54) is 6.07 Å². The predicted molar refractivity (Wildman–Crippen MR) is 77.0 cm³/mol. The van der Waals surface area contributed by atoms with Gasteiger partial charge in [0.1, 0.15) is 5.82 Å². The molecule has 5 heteroatoms. The smallest absolute Gasteiger partial charge is 0.209 e. The first-order valence-electron chi connectivity index (χ1n) is 7.32. The first-order valence-corrected chi connectivity index (χ1v) is 7.32. The minimum Gasteiger partial charge on any atom is -0.439 e. The van der Waals surface area contributed by atoms with Gasteiger partial charge in [0, 0.05) is 6.04 Å². The average Bonchev–Trinajstić information content (AvgIpc) is 2.96. The van der Waals surface area contributed by atoms with Crippen molar-refractivity contribution in [3.05, 3.63) is 42.2 Å². The quantitative estimate of drug-likeness (QED) is 0.940. The number of likely N-dealkylation sites (tertiary alicyclic amines) is 1. The number of aromatic nitrogens is 1. The Morgan fingerprint density at radius 3 is 3.00 bits per heavy atom. The molecule has 1 aromatic heterocycles. The lowest BCUT2D eigenvalue weighted by Crippen LogP contribution is -2.41. The number of benzene rings is 1. The maximum Gasteiger partial charge on any atom is 0.209 e. The molecule has 0 radical (unpaired) electrons. The van der Waals surface area contributed by atoms with E-state index < -0.39 is 0 Å². The van der Waals surface area contributed by atoms with Crippen molar-refractivity contribution in [3.63, 3.8) is 0 Å². The van der Waals surface area contributed by atoms with Gasteiger partial charge in [-0.05, 0) is 31.5 Å². The molecule has 0 bridgehead atoms. The summed E-state index contributed by atoms with van der Waals surface area (Å²) in [5.41, 5.74) is 0.425. The Kier molecular flexibility index (Phi) is 4.31. The van der Waals surface area contributed by atoms with Gasteiger partial charge < -0.3 is 9.52 Å². The molecule has 0 aliphatic carbocycles. The summed E-state index contributed by atoms with van der Waals surface area (Å²) >= 11 is 0. The third-order valence-corrected chi connectivity index (χ3v) is 3.99. The Labute approximate surface area is 123 Å². The van der Waals surface area contributed by atoms with Crippen molar-refractivity contribution in [2.75, 3.05) is 13.2 Å². The van der Waals surface area contributed by atoms with Gasteiger partial charge in [-0.25, -0.2) is 9.37 Å². The van der Waals surface area contributed by atoms with E-state index in [0.717, 1.165) is 25.8 Å². The summed E-state index contributed by atoms with van der Waals surface area (Å²) in [5.74, 6) is 0.695. The second kappa shape index (κ2) is 6.37. The molecule has 2 aromatic rings. The molecule has 0 amide bonds. The first kappa shape index (κ1) is 14.2. The van der Waals surface area contributed by atoms with Gasteiger partial charge in [-0.2, -0.15) is 0 Å². The van der Waals surface area contributed by atoms with Gasteiger partial charge in [-0.15, -0.1) is 0 Å². The van der Waals surface area contributed by atoms with Gasteiger partial charge in [-0.3, -0.25) is 4.90 Å². The van der Waals surface area contributed by atoms with Gasteiger partial charge in [0.25, 0.3) is 0 Å². The van der Waals surface area contributed by atoms with Crippen LogP contribution in [0, 0.1) is 5.82 Å². The maximum atomic E-state index is 13.7. The van der Waals surface area contributed by atoms with Gasteiger partial charge >= 0.3 is 0 Å². The number of rotatable bonds is 4. The average molecular weight is 290 g/mol. The van der Waals surface area contributed by atoms with Crippen molar-refractivity contribution in [2.45, 2.75) is 31.8 Å². The third kappa shape index (κ3) is 3.14. The molecule has 1 N–H and O–H groups in total. The number of piperidine rings is 1. The second-order valence-electron chi connectivity index (χ2n) is 5.40. The van der Waals surface area contributed by atoms with E-state index in [-0.39, 0.29) is 18.5 Å². The van der Waals surface area contributed by atoms with Crippen LogP contribution in [0.5, 0.6) is 0 Å². The molecule has 0 unspecified atom stereocenters. The summed E-state index contributed by atoms with van der Waals surface area (Å²) in [4.78, 5) is 6.42. The van der Waals surface area contributed by atoms with E-state index in [0.29, 0.717) is 23.8 Å². The van der Waals surface area contributed by atoms with Crippen molar-refractivity contribution in [3.8, 4) is 11.3 Å². The third-order valence-electron chi connectivity index (χ3n) is 3.99. The molecular weight excluding hydrogens is 271 g/mol. The molecule has 1 aliphatic heterocycles. The van der Waals surface area contributed by atoms with Gasteiger partial charge in [0.05, 0.1) is 24.9 Å². The molecule has 1 aromatic carbocycles. The van der Waals surface area contributed by atoms with Crippen molar-refractivity contribution in [1.82, 2.24) is 9.88 Å². The fraction of sp³-hybridized carbons (Fsp3) is 0.438. The molecular formula is C16H19FN2O2. The molecule has 3 rings (SSSR count). The van der Waals surface area contributed by atoms with Crippen LogP contribution >= 0.6 is 0 Å². The maximum absolute atomic E-state index is 13.7. The van der Waals surface area contributed by atoms with Crippen LogP contribution in [0.4, 0.5) is 4.39 Å². The van der Waals surface area contributed by atoms with Crippen molar-refractivity contribution in [2.24, 2.45) is 0 Å². The summed E-state index contributed by atoms with van der Waals surface area (Å²) in [6, 6.07) is 6.67. The summed E-state index contributed by atoms with van der Waals surface area (Å²) in [5, 5.41) is 9.42. The number of nitrogens with zero attached hydrogens (tertiary/aromatic N) is 2. The highest BCUT2D eigenvalue weighted by atomic mass is 19.1. The zero-order valence-corrected chi connectivity index (χ0v) is 11.8. The Hall–Kier alpha value is -1.72. The monoisotopic (exact) mass is 290 g/mol. The Morgan fingerprint density at radius 2 is 2.19 bits per heavy atom. The van der Waals surface area contributed by atoms with Gasteiger partial charge in [0.2, 0.25) is 5.89 Å². The lowest BCUT2D eigenvalue weighted by molar-refractivity contribution is 0.0770. The van der Waals surface area contributed by atoms with E-state index in [2.05, 4.69) is 9.88 Å². The van der Waals surface area contributed by atoms with E-state index in [4.69, 9.17) is 4.42 Å². The van der Waals surface area contributed by atoms with Crippen LogP contribution in [0.1, 0.15) is 25.2 Å². The number of oxazole rings is 1. The number of halogens is 1. The van der Waals surface area contributed by atoms with Crippen molar-refractivity contribution in [1.29, 1.82) is 0 Å². The lowest BCUT2D eigenvalue weighted by atomic mass is 10.0. The summed E-state index contributed by atoms with van der Waals surface area (Å²) in [6.07, 6.45) is 4.83. The van der Waals surface area contributed by atoms with Crippen LogP contribution in [0.3, 0.4) is 0 Å². The van der Waals surface area contributed by atoms with Crippen LogP contribution < -0.4 is 0 Å². The Bertz CT molecular complexity index is 599. The predicted octanol–water partition coefficient (Wildman–Crippen LogP) is 2.83. The molecule has 1 saturated heterocycles. The standard InChI is InChI=1S/C16H19FN2O2/c17-14-7-2-1-6-13(14)15-9-18-16(21-15)10-19-8-4-3-5-12(19)11-20/h1-2,6-7,9,12,20H,3-5,8,10-11H2/t12-/m1/s1. The molecule has 4 nitrogen and oxygen atoms in total. The minimum atomic E-state index is -0.314. The minimum absolute atomic E-state index is 0.154.